The first kappa shape index (κ1) is 21.5. The number of carbonyl (C=O) groups is 1. The molecule has 0 bridgehead atoms. The van der Waals surface area contributed by atoms with Crippen molar-refractivity contribution in [1.82, 2.24) is 20.9 Å². The van der Waals surface area contributed by atoms with E-state index in [2.05, 4.69) is 20.9 Å². The highest BCUT2D eigenvalue weighted by Crippen LogP contribution is 2.37. The van der Waals surface area contributed by atoms with Gasteiger partial charge in [0.25, 0.3) is 0 Å². The zero-order chi connectivity index (χ0) is 15.3. The first-order valence-electron chi connectivity index (χ1n) is 8.03. The smallest absolute Gasteiger partial charge is 0.237 e. The van der Waals surface area contributed by atoms with Gasteiger partial charge in [-0.2, -0.15) is 0 Å². The predicted octanol–water partition coefficient (Wildman–Crippen LogP) is 1.87. The highest BCUT2D eigenvalue weighted by atomic mass is 35.5. The number of hydrogen-bond donors (Lipinski definition) is 3. The lowest BCUT2D eigenvalue weighted by Gasteiger charge is -2.33. The topological polar surface area (TPSA) is 66.0 Å². The highest BCUT2D eigenvalue weighted by Gasteiger charge is 2.41. The Bertz CT molecular complexity index is 500. The van der Waals surface area contributed by atoms with Crippen LogP contribution in [0.15, 0.2) is 29.4 Å². The van der Waals surface area contributed by atoms with Gasteiger partial charge in [-0.3, -0.25) is 4.79 Å². The van der Waals surface area contributed by atoms with E-state index in [1.165, 1.54) is 12.8 Å². The van der Waals surface area contributed by atoms with Gasteiger partial charge in [0.05, 0.1) is 11.1 Å². The van der Waals surface area contributed by atoms with Gasteiger partial charge in [0.15, 0.2) is 0 Å². The second-order valence-corrected chi connectivity index (χ2v) is 7.31. The summed E-state index contributed by atoms with van der Waals surface area (Å²) in [6.07, 6.45) is 5.13. The standard InChI is InChI=1S/C16H24N4OS.2ClH/c21-15(19-9-10-22-14-3-1-2-6-18-14)13-11-16(12-20-13)4-7-17-8-5-16;;/h1-3,6,13,17,20H,4-5,7-12H2,(H,19,21);2*1H. The number of thioether (sulfide) groups is 1. The fraction of sp³-hybridized carbons (Fsp3) is 0.625. The normalized spacial score (nSPS) is 21.6. The minimum Gasteiger partial charge on any atom is -0.354 e. The van der Waals surface area contributed by atoms with Gasteiger partial charge in [0.1, 0.15) is 0 Å². The third kappa shape index (κ3) is 5.77. The van der Waals surface area contributed by atoms with E-state index in [4.69, 9.17) is 0 Å². The average Bonchev–Trinajstić information content (AvgIpc) is 2.97. The van der Waals surface area contributed by atoms with Crippen LogP contribution in [0.3, 0.4) is 0 Å². The molecule has 24 heavy (non-hydrogen) atoms. The molecule has 0 aliphatic carbocycles. The van der Waals surface area contributed by atoms with Crippen LogP contribution < -0.4 is 16.0 Å². The number of piperidine rings is 1. The molecule has 1 unspecified atom stereocenters. The van der Waals surface area contributed by atoms with E-state index in [-0.39, 0.29) is 36.8 Å². The molecule has 1 spiro atoms. The van der Waals surface area contributed by atoms with Gasteiger partial charge >= 0.3 is 0 Å². The molecule has 3 rings (SSSR count). The summed E-state index contributed by atoms with van der Waals surface area (Å²) < 4.78 is 0. The predicted molar refractivity (Wildman–Crippen MR) is 103 cm³/mol. The number of amides is 1. The summed E-state index contributed by atoms with van der Waals surface area (Å²) in [5.74, 6) is 1.00. The third-order valence-electron chi connectivity index (χ3n) is 4.63. The van der Waals surface area contributed by atoms with Gasteiger partial charge in [0.2, 0.25) is 5.91 Å². The van der Waals surface area contributed by atoms with Crippen molar-refractivity contribution < 1.29 is 4.79 Å². The molecular weight excluding hydrogens is 367 g/mol. The second kappa shape index (κ2) is 10.5. The fourth-order valence-corrected chi connectivity index (χ4v) is 4.05. The van der Waals surface area contributed by atoms with Crippen molar-refractivity contribution in [2.75, 3.05) is 31.9 Å². The number of rotatable bonds is 5. The molecule has 5 nitrogen and oxygen atoms in total. The van der Waals surface area contributed by atoms with Crippen LogP contribution >= 0.6 is 36.6 Å². The minimum absolute atomic E-state index is 0. The van der Waals surface area contributed by atoms with Crippen molar-refractivity contribution in [3.63, 3.8) is 0 Å². The Balaban J connectivity index is 0.00000144. The van der Waals surface area contributed by atoms with Gasteiger partial charge in [-0.25, -0.2) is 4.98 Å². The molecule has 1 amide bonds. The largest absolute Gasteiger partial charge is 0.354 e. The SMILES string of the molecule is Cl.Cl.O=C(NCCSc1ccccn1)C1CC2(CCNCC2)CN1. The molecule has 0 saturated carbocycles. The number of pyridine rings is 1. The van der Waals surface area contributed by atoms with Crippen molar-refractivity contribution in [2.24, 2.45) is 5.41 Å². The van der Waals surface area contributed by atoms with E-state index in [0.717, 1.165) is 36.8 Å². The molecule has 136 valence electrons. The van der Waals surface area contributed by atoms with Crippen LogP contribution in [0.4, 0.5) is 0 Å². The Kier molecular flexibility index (Phi) is 9.37. The van der Waals surface area contributed by atoms with Crippen LogP contribution in [0.25, 0.3) is 0 Å². The van der Waals surface area contributed by atoms with E-state index in [1.807, 2.05) is 18.2 Å². The first-order valence-corrected chi connectivity index (χ1v) is 9.02. The Morgan fingerprint density at radius 1 is 1.33 bits per heavy atom. The van der Waals surface area contributed by atoms with Gasteiger partial charge < -0.3 is 16.0 Å². The molecule has 1 aromatic rings. The van der Waals surface area contributed by atoms with Crippen molar-refractivity contribution in [3.8, 4) is 0 Å². The third-order valence-corrected chi connectivity index (χ3v) is 5.58. The van der Waals surface area contributed by atoms with Crippen molar-refractivity contribution in [2.45, 2.75) is 30.3 Å². The van der Waals surface area contributed by atoms with Crippen LogP contribution in [0.2, 0.25) is 0 Å². The van der Waals surface area contributed by atoms with Crippen molar-refractivity contribution >= 4 is 42.5 Å². The van der Waals surface area contributed by atoms with Crippen LogP contribution in [-0.2, 0) is 4.79 Å². The molecular formula is C16H26Cl2N4OS. The van der Waals surface area contributed by atoms with E-state index >= 15 is 0 Å². The fourth-order valence-electron chi connectivity index (χ4n) is 3.33. The van der Waals surface area contributed by atoms with Crippen LogP contribution in [0.5, 0.6) is 0 Å². The molecule has 2 fully saturated rings. The monoisotopic (exact) mass is 392 g/mol. The number of halogens is 2. The Hall–Kier alpha value is -0.530. The van der Waals surface area contributed by atoms with Gasteiger partial charge in [-0.15, -0.1) is 36.6 Å². The maximum Gasteiger partial charge on any atom is 0.237 e. The van der Waals surface area contributed by atoms with E-state index in [1.54, 1.807) is 18.0 Å². The maximum absolute atomic E-state index is 12.3. The maximum atomic E-state index is 12.3. The zero-order valence-electron chi connectivity index (χ0n) is 13.6. The number of carbonyl (C=O) groups excluding carboxylic acids is 1. The quantitative estimate of drug-likeness (QED) is 0.527. The van der Waals surface area contributed by atoms with E-state index in [0.29, 0.717) is 12.0 Å². The molecule has 0 radical (unpaired) electrons. The molecule has 3 N–H and O–H groups in total. The van der Waals surface area contributed by atoms with Gasteiger partial charge in [-0.1, -0.05) is 6.07 Å². The summed E-state index contributed by atoms with van der Waals surface area (Å²) in [5, 5.41) is 10.9. The molecule has 1 atom stereocenters. The molecule has 1 aromatic heterocycles. The first-order chi connectivity index (χ1) is 10.8. The molecule has 2 aliphatic heterocycles. The molecule has 2 aliphatic rings. The Labute approximate surface area is 160 Å². The summed E-state index contributed by atoms with van der Waals surface area (Å²) in [6, 6.07) is 5.87. The summed E-state index contributed by atoms with van der Waals surface area (Å²) in [4.78, 5) is 16.5. The summed E-state index contributed by atoms with van der Waals surface area (Å²) in [6.45, 7) is 3.83. The minimum atomic E-state index is -0.0158. The highest BCUT2D eigenvalue weighted by molar-refractivity contribution is 7.99. The molecule has 8 heteroatoms. The molecule has 0 aromatic carbocycles. The number of hydrogen-bond acceptors (Lipinski definition) is 5. The van der Waals surface area contributed by atoms with E-state index in [9.17, 15) is 4.79 Å². The Morgan fingerprint density at radius 2 is 2.12 bits per heavy atom. The lowest BCUT2D eigenvalue weighted by atomic mass is 9.77. The lowest BCUT2D eigenvalue weighted by molar-refractivity contribution is -0.122. The lowest BCUT2D eigenvalue weighted by Crippen LogP contribution is -2.41. The number of aromatic nitrogens is 1. The van der Waals surface area contributed by atoms with Crippen LogP contribution in [-0.4, -0.2) is 48.9 Å². The molecule has 2 saturated heterocycles. The zero-order valence-corrected chi connectivity index (χ0v) is 16.1. The van der Waals surface area contributed by atoms with E-state index < -0.39 is 0 Å². The van der Waals surface area contributed by atoms with Crippen LogP contribution in [0.1, 0.15) is 19.3 Å². The summed E-state index contributed by atoms with van der Waals surface area (Å²) in [5.41, 5.74) is 0.343. The number of nitrogens with one attached hydrogen (secondary N) is 3. The van der Waals surface area contributed by atoms with Crippen molar-refractivity contribution in [3.05, 3.63) is 24.4 Å². The summed E-state index contributed by atoms with van der Waals surface area (Å²) in [7, 11) is 0. The number of nitrogens with zero attached hydrogens (tertiary/aromatic N) is 1. The van der Waals surface area contributed by atoms with Crippen molar-refractivity contribution in [1.29, 1.82) is 0 Å². The summed E-state index contributed by atoms with van der Waals surface area (Å²) >= 11 is 1.67. The van der Waals surface area contributed by atoms with Crippen LogP contribution in [0, 0.1) is 5.41 Å². The molecule has 3 heterocycles. The second-order valence-electron chi connectivity index (χ2n) is 6.20. The van der Waals surface area contributed by atoms with Gasteiger partial charge in [-0.05, 0) is 49.9 Å². The Morgan fingerprint density at radius 3 is 2.83 bits per heavy atom. The average molecular weight is 393 g/mol. The van der Waals surface area contributed by atoms with Gasteiger partial charge in [0, 0.05) is 25.0 Å².